The molecule has 1 saturated heterocycles. The number of methoxy groups -OCH3 is 1. The first-order chi connectivity index (χ1) is 11.2. The van der Waals surface area contributed by atoms with Gasteiger partial charge in [-0.2, -0.15) is 0 Å². The van der Waals surface area contributed by atoms with Crippen molar-refractivity contribution in [3.8, 4) is 5.75 Å². The minimum absolute atomic E-state index is 0.257. The number of nitrogens with two attached hydrogens (primary N) is 1. The smallest absolute Gasteiger partial charge is 0.125 e. The van der Waals surface area contributed by atoms with E-state index in [1.165, 1.54) is 31.4 Å². The zero-order valence-corrected chi connectivity index (χ0v) is 14.0. The molecule has 0 amide bonds. The number of hydrogen-bond donors (Lipinski definition) is 1. The van der Waals surface area contributed by atoms with Crippen molar-refractivity contribution in [1.29, 1.82) is 0 Å². The third kappa shape index (κ3) is 3.53. The molecule has 1 aliphatic heterocycles. The normalized spacial score (nSPS) is 16.9. The summed E-state index contributed by atoms with van der Waals surface area (Å²) < 4.78 is 11.2. The first-order valence-corrected chi connectivity index (χ1v) is 8.44. The van der Waals surface area contributed by atoms with Gasteiger partial charge in [-0.25, -0.2) is 0 Å². The Morgan fingerprint density at radius 1 is 1.09 bits per heavy atom. The largest absolute Gasteiger partial charge is 0.497 e. The van der Waals surface area contributed by atoms with Gasteiger partial charge in [0, 0.05) is 30.4 Å². The lowest BCUT2D eigenvalue weighted by atomic mass is 10.0. The van der Waals surface area contributed by atoms with E-state index in [1.54, 1.807) is 7.11 Å². The Morgan fingerprint density at radius 2 is 1.83 bits per heavy atom. The molecule has 0 spiro atoms. The molecule has 3 rings (SSSR count). The minimum atomic E-state index is -0.257. The van der Waals surface area contributed by atoms with Gasteiger partial charge in [-0.15, -0.1) is 0 Å². The highest BCUT2D eigenvalue weighted by molar-refractivity contribution is 5.59. The quantitative estimate of drug-likeness (QED) is 0.926. The van der Waals surface area contributed by atoms with Crippen LogP contribution in [-0.2, 0) is 0 Å². The van der Waals surface area contributed by atoms with Crippen molar-refractivity contribution in [3.05, 3.63) is 47.4 Å². The van der Waals surface area contributed by atoms with E-state index >= 15 is 0 Å². The van der Waals surface area contributed by atoms with Crippen molar-refractivity contribution in [2.45, 2.75) is 38.6 Å². The van der Waals surface area contributed by atoms with Gasteiger partial charge in [0.2, 0.25) is 0 Å². The molecule has 1 aromatic heterocycles. The predicted octanol–water partition coefficient (Wildman–Crippen LogP) is 4.03. The van der Waals surface area contributed by atoms with Crippen LogP contribution in [0.1, 0.15) is 48.8 Å². The second kappa shape index (κ2) is 7.09. The van der Waals surface area contributed by atoms with E-state index in [0.717, 1.165) is 35.9 Å². The van der Waals surface area contributed by atoms with Crippen LogP contribution in [0.4, 0.5) is 5.69 Å². The summed E-state index contributed by atoms with van der Waals surface area (Å²) in [7, 11) is 1.71. The second-order valence-corrected chi connectivity index (χ2v) is 6.25. The molecule has 0 aliphatic carbocycles. The van der Waals surface area contributed by atoms with Crippen LogP contribution >= 0.6 is 0 Å². The summed E-state index contributed by atoms with van der Waals surface area (Å²) in [6.45, 7) is 4.09. The van der Waals surface area contributed by atoms with Gasteiger partial charge in [0.05, 0.1) is 13.2 Å². The maximum atomic E-state index is 6.51. The van der Waals surface area contributed by atoms with E-state index in [1.807, 2.05) is 25.1 Å². The molecular formula is C19H26N2O2. The fourth-order valence-corrected chi connectivity index (χ4v) is 3.27. The van der Waals surface area contributed by atoms with Crippen LogP contribution in [0.5, 0.6) is 5.75 Å². The van der Waals surface area contributed by atoms with Crippen LogP contribution in [0, 0.1) is 6.92 Å². The molecule has 1 fully saturated rings. The molecule has 1 atom stereocenters. The van der Waals surface area contributed by atoms with Crippen LogP contribution in [0.3, 0.4) is 0 Å². The standard InChI is InChI=1S/C19H26N2O2/c1-14-7-10-18(23-14)19(20)16-9-8-15(22-2)13-17(16)21-11-5-3-4-6-12-21/h7-10,13,19H,3-6,11-12,20H2,1-2H3. The Morgan fingerprint density at radius 3 is 2.43 bits per heavy atom. The average molecular weight is 314 g/mol. The molecule has 4 nitrogen and oxygen atoms in total. The topological polar surface area (TPSA) is 51.6 Å². The maximum absolute atomic E-state index is 6.51. The number of rotatable bonds is 4. The monoisotopic (exact) mass is 314 g/mol. The van der Waals surface area contributed by atoms with Crippen molar-refractivity contribution in [3.63, 3.8) is 0 Å². The number of furan rings is 1. The fraction of sp³-hybridized carbons (Fsp3) is 0.474. The Kier molecular flexibility index (Phi) is 4.91. The maximum Gasteiger partial charge on any atom is 0.125 e. The lowest BCUT2D eigenvalue weighted by molar-refractivity contribution is 0.414. The molecule has 0 saturated carbocycles. The molecule has 2 N–H and O–H groups in total. The van der Waals surface area contributed by atoms with Gasteiger partial charge in [-0.3, -0.25) is 0 Å². The molecule has 2 heterocycles. The Bertz CT molecular complexity index is 643. The summed E-state index contributed by atoms with van der Waals surface area (Å²) >= 11 is 0. The highest BCUT2D eigenvalue weighted by atomic mass is 16.5. The van der Waals surface area contributed by atoms with Crippen molar-refractivity contribution < 1.29 is 9.15 Å². The highest BCUT2D eigenvalue weighted by Crippen LogP contribution is 2.34. The summed E-state index contributed by atoms with van der Waals surface area (Å²) in [5.41, 5.74) is 8.78. The number of aryl methyl sites for hydroxylation is 1. The molecule has 124 valence electrons. The zero-order valence-electron chi connectivity index (χ0n) is 14.0. The highest BCUT2D eigenvalue weighted by Gasteiger charge is 2.21. The minimum Gasteiger partial charge on any atom is -0.497 e. The predicted molar refractivity (Wildman–Crippen MR) is 93.2 cm³/mol. The molecule has 1 aliphatic rings. The third-order valence-electron chi connectivity index (χ3n) is 4.59. The molecular weight excluding hydrogens is 288 g/mol. The zero-order chi connectivity index (χ0) is 16.2. The van der Waals surface area contributed by atoms with Crippen molar-refractivity contribution in [2.75, 3.05) is 25.1 Å². The van der Waals surface area contributed by atoms with Crippen LogP contribution < -0.4 is 15.4 Å². The van der Waals surface area contributed by atoms with Crippen LogP contribution in [0.2, 0.25) is 0 Å². The van der Waals surface area contributed by atoms with Gasteiger partial charge >= 0.3 is 0 Å². The molecule has 0 radical (unpaired) electrons. The summed E-state index contributed by atoms with van der Waals surface area (Å²) in [6.07, 6.45) is 5.07. The Hall–Kier alpha value is -1.94. The third-order valence-corrected chi connectivity index (χ3v) is 4.59. The second-order valence-electron chi connectivity index (χ2n) is 6.25. The summed E-state index contributed by atoms with van der Waals surface area (Å²) in [6, 6.07) is 9.83. The van der Waals surface area contributed by atoms with E-state index in [-0.39, 0.29) is 6.04 Å². The summed E-state index contributed by atoms with van der Waals surface area (Å²) in [5, 5.41) is 0. The molecule has 1 aromatic carbocycles. The van der Waals surface area contributed by atoms with Crippen LogP contribution in [0.15, 0.2) is 34.7 Å². The van der Waals surface area contributed by atoms with E-state index in [4.69, 9.17) is 14.9 Å². The molecule has 23 heavy (non-hydrogen) atoms. The van der Waals surface area contributed by atoms with Gasteiger partial charge in [0.1, 0.15) is 17.3 Å². The number of benzene rings is 1. The van der Waals surface area contributed by atoms with Crippen molar-refractivity contribution in [2.24, 2.45) is 5.73 Å². The van der Waals surface area contributed by atoms with Gasteiger partial charge in [-0.1, -0.05) is 18.9 Å². The lowest BCUT2D eigenvalue weighted by Gasteiger charge is -2.27. The van der Waals surface area contributed by atoms with Gasteiger partial charge in [-0.05, 0) is 38.0 Å². The van der Waals surface area contributed by atoms with Crippen LogP contribution in [-0.4, -0.2) is 20.2 Å². The van der Waals surface area contributed by atoms with Crippen molar-refractivity contribution in [1.82, 2.24) is 0 Å². The van der Waals surface area contributed by atoms with E-state index in [9.17, 15) is 0 Å². The van der Waals surface area contributed by atoms with Crippen LogP contribution in [0.25, 0.3) is 0 Å². The summed E-state index contributed by atoms with van der Waals surface area (Å²) in [5.74, 6) is 2.57. The van der Waals surface area contributed by atoms with E-state index in [0.29, 0.717) is 0 Å². The molecule has 1 unspecified atom stereocenters. The molecule has 2 aromatic rings. The fourth-order valence-electron chi connectivity index (χ4n) is 3.27. The van der Waals surface area contributed by atoms with Gasteiger partial charge in [0.15, 0.2) is 0 Å². The van der Waals surface area contributed by atoms with Gasteiger partial charge < -0.3 is 19.8 Å². The first kappa shape index (κ1) is 15.9. The molecule has 0 bridgehead atoms. The first-order valence-electron chi connectivity index (χ1n) is 8.44. The Labute approximate surface area is 138 Å². The SMILES string of the molecule is COc1ccc(C(N)c2ccc(C)o2)c(N2CCCCCC2)c1. The van der Waals surface area contributed by atoms with Crippen molar-refractivity contribution >= 4 is 5.69 Å². The number of ether oxygens (including phenoxy) is 1. The number of anilines is 1. The molecule has 4 heteroatoms. The summed E-state index contributed by atoms with van der Waals surface area (Å²) in [4.78, 5) is 2.44. The number of nitrogens with zero attached hydrogens (tertiary/aromatic N) is 1. The average Bonchev–Trinajstić information content (AvgIpc) is 2.84. The Balaban J connectivity index is 1.97. The van der Waals surface area contributed by atoms with E-state index in [2.05, 4.69) is 17.0 Å². The van der Waals surface area contributed by atoms with E-state index < -0.39 is 0 Å². The lowest BCUT2D eigenvalue weighted by Crippen LogP contribution is -2.27. The number of hydrogen-bond acceptors (Lipinski definition) is 4. The van der Waals surface area contributed by atoms with Gasteiger partial charge in [0.25, 0.3) is 0 Å².